The van der Waals surface area contributed by atoms with Crippen LogP contribution in [0.3, 0.4) is 0 Å². The minimum Gasteiger partial charge on any atom is -0.482 e. The third-order valence-corrected chi connectivity index (χ3v) is 3.26. The van der Waals surface area contributed by atoms with Crippen LogP contribution in [0, 0.1) is 0 Å². The van der Waals surface area contributed by atoms with Gasteiger partial charge in [0.1, 0.15) is 5.75 Å². The Morgan fingerprint density at radius 1 is 1.43 bits per heavy atom. The Bertz CT molecular complexity index is 478. The lowest BCUT2D eigenvalue weighted by Gasteiger charge is -2.28. The van der Waals surface area contributed by atoms with Gasteiger partial charge in [-0.1, -0.05) is 19.1 Å². The fraction of sp³-hybridized carbons (Fsp3) is 0.467. The first-order valence-electron chi connectivity index (χ1n) is 6.72. The summed E-state index contributed by atoms with van der Waals surface area (Å²) in [4.78, 5) is 23.5. The highest BCUT2D eigenvalue weighted by molar-refractivity contribution is 7.98. The average molecular weight is 311 g/mol. The number of rotatable bonds is 4. The number of ether oxygens (including phenoxy) is 2. The first-order valence-corrected chi connectivity index (χ1v) is 8.11. The van der Waals surface area contributed by atoms with Gasteiger partial charge in [-0.2, -0.15) is 0 Å². The van der Waals surface area contributed by atoms with E-state index in [0.29, 0.717) is 12.3 Å². The van der Waals surface area contributed by atoms with E-state index in [-0.39, 0.29) is 18.5 Å². The average Bonchev–Trinajstić information content (AvgIpc) is 2.51. The Morgan fingerprint density at radius 3 is 2.71 bits per heavy atom. The molecule has 5 nitrogen and oxygen atoms in total. The highest BCUT2D eigenvalue weighted by atomic mass is 32.2. The van der Waals surface area contributed by atoms with Crippen LogP contribution in [0.1, 0.15) is 19.8 Å². The molecule has 0 atom stereocenters. The molecule has 1 heterocycles. The third-order valence-electron chi connectivity index (χ3n) is 2.75. The second-order valence-corrected chi connectivity index (χ2v) is 5.16. The second-order valence-electron chi connectivity index (χ2n) is 4.32. The summed E-state index contributed by atoms with van der Waals surface area (Å²) in [5.41, 5.74) is 0.873. The molecule has 21 heavy (non-hydrogen) atoms. The third kappa shape index (κ3) is 5.30. The van der Waals surface area contributed by atoms with Gasteiger partial charge in [0.25, 0.3) is 5.91 Å². The van der Waals surface area contributed by atoms with E-state index in [2.05, 4.69) is 4.74 Å². The number of amides is 1. The Balaban J connectivity index is 0.000000270. The second kappa shape index (κ2) is 9.28. The monoisotopic (exact) mass is 311 g/mol. The number of carbonyl (C=O) groups excluding carboxylic acids is 2. The molecule has 116 valence electrons. The normalized spacial score (nSPS) is 12.7. The number of methoxy groups -OCH3 is 1. The standard InChI is InChI=1S/C10H11NO2S.C5H10O2/c1-14-7-11-8-4-2-3-5-9(8)13-6-10(11)12;1-3-4-5(6)7-2/h2-5H,6-7H2,1H3;3-4H2,1-2H3. The Morgan fingerprint density at radius 2 is 2.14 bits per heavy atom. The van der Waals surface area contributed by atoms with Crippen molar-refractivity contribution >= 4 is 29.3 Å². The number of para-hydroxylation sites is 2. The fourth-order valence-corrected chi connectivity index (χ4v) is 2.27. The molecule has 0 aromatic heterocycles. The van der Waals surface area contributed by atoms with Crippen LogP contribution in [0.2, 0.25) is 0 Å². The minimum absolute atomic E-state index is 0.0260. The SMILES string of the molecule is CCCC(=O)OC.CSCN1C(=O)COc2ccccc21. The summed E-state index contributed by atoms with van der Waals surface area (Å²) in [5, 5.41) is 0. The van der Waals surface area contributed by atoms with Crippen molar-refractivity contribution in [1.82, 2.24) is 0 Å². The number of esters is 1. The molecule has 0 bridgehead atoms. The van der Waals surface area contributed by atoms with Crippen LogP contribution in [0.25, 0.3) is 0 Å². The van der Waals surface area contributed by atoms with Gasteiger partial charge in [-0.05, 0) is 24.8 Å². The molecule has 1 aromatic rings. The lowest BCUT2D eigenvalue weighted by molar-refractivity contribution is -0.140. The van der Waals surface area contributed by atoms with E-state index in [4.69, 9.17) is 4.74 Å². The van der Waals surface area contributed by atoms with Gasteiger partial charge in [0.05, 0.1) is 18.7 Å². The highest BCUT2D eigenvalue weighted by Gasteiger charge is 2.24. The van der Waals surface area contributed by atoms with E-state index in [1.165, 1.54) is 7.11 Å². The predicted octanol–water partition coefficient (Wildman–Crippen LogP) is 2.69. The quantitative estimate of drug-likeness (QED) is 0.800. The van der Waals surface area contributed by atoms with Gasteiger partial charge < -0.3 is 9.47 Å². The maximum absolute atomic E-state index is 11.5. The molecule has 2 rings (SSSR count). The van der Waals surface area contributed by atoms with Crippen molar-refractivity contribution in [3.63, 3.8) is 0 Å². The summed E-state index contributed by atoms with van der Waals surface area (Å²) >= 11 is 1.63. The van der Waals surface area contributed by atoms with Gasteiger partial charge in [0.2, 0.25) is 0 Å². The summed E-state index contributed by atoms with van der Waals surface area (Å²) in [7, 11) is 1.40. The maximum atomic E-state index is 11.5. The van der Waals surface area contributed by atoms with E-state index in [0.717, 1.165) is 17.9 Å². The number of fused-ring (bicyclic) bond motifs is 1. The summed E-state index contributed by atoms with van der Waals surface area (Å²) in [6.07, 6.45) is 3.38. The number of nitrogens with zero attached hydrogens (tertiary/aromatic N) is 1. The van der Waals surface area contributed by atoms with Crippen molar-refractivity contribution in [2.75, 3.05) is 30.7 Å². The van der Waals surface area contributed by atoms with Gasteiger partial charge in [-0.3, -0.25) is 14.5 Å². The molecule has 0 aliphatic carbocycles. The van der Waals surface area contributed by atoms with E-state index in [1.807, 2.05) is 37.4 Å². The molecular formula is C15H21NO4S. The summed E-state index contributed by atoms with van der Waals surface area (Å²) in [6, 6.07) is 7.61. The lowest BCUT2D eigenvalue weighted by atomic mass is 10.2. The first-order chi connectivity index (χ1) is 10.1. The van der Waals surface area contributed by atoms with Crippen LogP contribution in [-0.2, 0) is 14.3 Å². The molecule has 0 unspecified atom stereocenters. The molecule has 0 spiro atoms. The first kappa shape index (κ1) is 17.4. The van der Waals surface area contributed by atoms with Crippen LogP contribution < -0.4 is 9.64 Å². The number of hydrogen-bond acceptors (Lipinski definition) is 5. The van der Waals surface area contributed by atoms with Gasteiger partial charge >= 0.3 is 5.97 Å². The number of carbonyl (C=O) groups is 2. The van der Waals surface area contributed by atoms with Crippen LogP contribution in [-0.4, -0.2) is 37.7 Å². The van der Waals surface area contributed by atoms with Crippen molar-refractivity contribution in [3.8, 4) is 5.75 Å². The van der Waals surface area contributed by atoms with Gasteiger partial charge in [0.15, 0.2) is 6.61 Å². The molecule has 1 amide bonds. The Hall–Kier alpha value is -1.69. The zero-order chi connectivity index (χ0) is 15.7. The van der Waals surface area contributed by atoms with Crippen LogP contribution in [0.5, 0.6) is 5.75 Å². The summed E-state index contributed by atoms with van der Waals surface area (Å²) in [5.74, 6) is 1.38. The van der Waals surface area contributed by atoms with Crippen molar-refractivity contribution in [1.29, 1.82) is 0 Å². The van der Waals surface area contributed by atoms with E-state index in [1.54, 1.807) is 16.7 Å². The zero-order valence-electron chi connectivity index (χ0n) is 12.6. The van der Waals surface area contributed by atoms with Gasteiger partial charge in [-0.25, -0.2) is 0 Å². The van der Waals surface area contributed by atoms with Crippen molar-refractivity contribution in [2.24, 2.45) is 0 Å². The minimum atomic E-state index is -0.123. The zero-order valence-corrected chi connectivity index (χ0v) is 13.4. The van der Waals surface area contributed by atoms with E-state index in [9.17, 15) is 9.59 Å². The summed E-state index contributed by atoms with van der Waals surface area (Å²) < 4.78 is 9.66. The van der Waals surface area contributed by atoms with E-state index >= 15 is 0 Å². The number of anilines is 1. The van der Waals surface area contributed by atoms with Crippen LogP contribution in [0.15, 0.2) is 24.3 Å². The van der Waals surface area contributed by atoms with Gasteiger partial charge in [0, 0.05) is 6.42 Å². The summed E-state index contributed by atoms with van der Waals surface area (Å²) in [6.45, 7) is 2.09. The topological polar surface area (TPSA) is 55.8 Å². The van der Waals surface area contributed by atoms with Gasteiger partial charge in [-0.15, -0.1) is 11.8 Å². The lowest BCUT2D eigenvalue weighted by Crippen LogP contribution is -2.38. The molecule has 0 saturated carbocycles. The smallest absolute Gasteiger partial charge is 0.305 e. The largest absolute Gasteiger partial charge is 0.482 e. The number of thioether (sulfide) groups is 1. The molecule has 1 aliphatic rings. The molecule has 0 saturated heterocycles. The Labute approximate surface area is 129 Å². The molecule has 6 heteroatoms. The van der Waals surface area contributed by atoms with Crippen LogP contribution in [0.4, 0.5) is 5.69 Å². The molecular weight excluding hydrogens is 290 g/mol. The van der Waals surface area contributed by atoms with Crippen molar-refractivity contribution < 1.29 is 19.1 Å². The number of benzene rings is 1. The van der Waals surface area contributed by atoms with E-state index < -0.39 is 0 Å². The highest BCUT2D eigenvalue weighted by Crippen LogP contribution is 2.31. The maximum Gasteiger partial charge on any atom is 0.305 e. The number of hydrogen-bond donors (Lipinski definition) is 0. The molecule has 1 aromatic carbocycles. The molecule has 0 N–H and O–H groups in total. The molecule has 0 fully saturated rings. The van der Waals surface area contributed by atoms with Crippen LogP contribution >= 0.6 is 11.8 Å². The fourth-order valence-electron chi connectivity index (χ4n) is 1.73. The molecule has 1 aliphatic heterocycles. The van der Waals surface area contributed by atoms with Crippen molar-refractivity contribution in [3.05, 3.63) is 24.3 Å². The van der Waals surface area contributed by atoms with Crippen molar-refractivity contribution in [2.45, 2.75) is 19.8 Å². The predicted molar refractivity (Wildman–Crippen MR) is 84.7 cm³/mol. The Kier molecular flexibility index (Phi) is 7.68. The molecule has 0 radical (unpaired) electrons.